The van der Waals surface area contributed by atoms with Crippen LogP contribution in [0.15, 0.2) is 18.2 Å². The van der Waals surface area contributed by atoms with Crippen LogP contribution in [-0.4, -0.2) is 17.0 Å². The molecular formula is C9H8FNO3. The number of halogens is 1. The Balaban J connectivity index is 3.21. The minimum atomic E-state index is -1.40. The SMILES string of the molecule is NC(=O)Cc1cccc(F)c1C(=O)O. The molecular weight excluding hydrogens is 189 g/mol. The molecule has 4 nitrogen and oxygen atoms in total. The van der Waals surface area contributed by atoms with Crippen LogP contribution >= 0.6 is 0 Å². The third-order valence-corrected chi connectivity index (χ3v) is 1.68. The zero-order valence-corrected chi connectivity index (χ0v) is 7.16. The van der Waals surface area contributed by atoms with Gasteiger partial charge in [-0.05, 0) is 11.6 Å². The van der Waals surface area contributed by atoms with Crippen LogP contribution in [-0.2, 0) is 11.2 Å². The Morgan fingerprint density at radius 1 is 1.43 bits per heavy atom. The molecule has 5 heteroatoms. The molecule has 3 N–H and O–H groups in total. The van der Waals surface area contributed by atoms with Gasteiger partial charge in [-0.3, -0.25) is 4.79 Å². The Bertz CT molecular complexity index is 390. The fraction of sp³-hybridized carbons (Fsp3) is 0.111. The first-order valence-corrected chi connectivity index (χ1v) is 3.81. The van der Waals surface area contributed by atoms with Crippen molar-refractivity contribution in [1.82, 2.24) is 0 Å². The lowest BCUT2D eigenvalue weighted by Crippen LogP contribution is -2.17. The van der Waals surface area contributed by atoms with Gasteiger partial charge in [0, 0.05) is 0 Å². The van der Waals surface area contributed by atoms with Gasteiger partial charge in [-0.2, -0.15) is 0 Å². The van der Waals surface area contributed by atoms with Crippen LogP contribution in [0.4, 0.5) is 4.39 Å². The number of aromatic carboxylic acids is 1. The van der Waals surface area contributed by atoms with E-state index in [1.807, 2.05) is 0 Å². The number of carboxylic acid groups (broad SMARTS) is 1. The molecule has 0 saturated carbocycles. The highest BCUT2D eigenvalue weighted by molar-refractivity contribution is 5.91. The maximum Gasteiger partial charge on any atom is 0.338 e. The van der Waals surface area contributed by atoms with Crippen LogP contribution < -0.4 is 5.73 Å². The van der Waals surface area contributed by atoms with E-state index in [2.05, 4.69) is 0 Å². The number of primary amides is 1. The van der Waals surface area contributed by atoms with E-state index in [-0.39, 0.29) is 12.0 Å². The fourth-order valence-corrected chi connectivity index (χ4v) is 1.14. The number of rotatable bonds is 3. The highest BCUT2D eigenvalue weighted by Crippen LogP contribution is 2.13. The summed E-state index contributed by atoms with van der Waals surface area (Å²) in [5.41, 5.74) is 4.48. The van der Waals surface area contributed by atoms with Gasteiger partial charge in [-0.15, -0.1) is 0 Å². The van der Waals surface area contributed by atoms with Crippen molar-refractivity contribution in [1.29, 1.82) is 0 Å². The molecule has 0 aliphatic rings. The van der Waals surface area contributed by atoms with Crippen molar-refractivity contribution in [3.63, 3.8) is 0 Å². The molecule has 0 aliphatic heterocycles. The number of hydrogen-bond donors (Lipinski definition) is 2. The molecule has 1 rings (SSSR count). The molecule has 0 saturated heterocycles. The lowest BCUT2D eigenvalue weighted by Gasteiger charge is -2.03. The predicted octanol–water partition coefficient (Wildman–Crippen LogP) is 0.552. The second-order valence-electron chi connectivity index (χ2n) is 2.72. The van der Waals surface area contributed by atoms with Crippen LogP contribution in [0.5, 0.6) is 0 Å². The van der Waals surface area contributed by atoms with Gasteiger partial charge in [0.15, 0.2) is 0 Å². The summed E-state index contributed by atoms with van der Waals surface area (Å²) in [6, 6.07) is 3.71. The fourth-order valence-electron chi connectivity index (χ4n) is 1.14. The Hall–Kier alpha value is -1.91. The van der Waals surface area contributed by atoms with E-state index < -0.39 is 23.3 Å². The zero-order chi connectivity index (χ0) is 10.7. The number of carbonyl (C=O) groups excluding carboxylic acids is 1. The summed E-state index contributed by atoms with van der Waals surface area (Å²) in [7, 11) is 0. The summed E-state index contributed by atoms with van der Waals surface area (Å²) in [5, 5.41) is 8.67. The minimum Gasteiger partial charge on any atom is -0.478 e. The van der Waals surface area contributed by atoms with Crippen molar-refractivity contribution in [2.45, 2.75) is 6.42 Å². The molecule has 0 aromatic heterocycles. The first-order chi connectivity index (χ1) is 6.52. The minimum absolute atomic E-state index is 0.0880. The van der Waals surface area contributed by atoms with Gasteiger partial charge >= 0.3 is 5.97 Å². The molecule has 0 fully saturated rings. The molecule has 1 aromatic rings. The normalized spacial score (nSPS) is 9.79. The van der Waals surface area contributed by atoms with Crippen molar-refractivity contribution in [3.05, 3.63) is 35.1 Å². The number of benzene rings is 1. The number of amides is 1. The molecule has 0 unspecified atom stereocenters. The van der Waals surface area contributed by atoms with Crippen LogP contribution in [0.2, 0.25) is 0 Å². The second kappa shape index (κ2) is 3.87. The van der Waals surface area contributed by atoms with Crippen LogP contribution in [0.1, 0.15) is 15.9 Å². The van der Waals surface area contributed by atoms with Gasteiger partial charge < -0.3 is 10.8 Å². The zero-order valence-electron chi connectivity index (χ0n) is 7.16. The number of nitrogens with two attached hydrogens (primary N) is 1. The maximum absolute atomic E-state index is 13.0. The van der Waals surface area contributed by atoms with E-state index >= 15 is 0 Å². The summed E-state index contributed by atoms with van der Waals surface area (Å²) >= 11 is 0. The highest BCUT2D eigenvalue weighted by atomic mass is 19.1. The van der Waals surface area contributed by atoms with E-state index in [9.17, 15) is 14.0 Å². The summed E-state index contributed by atoms with van der Waals surface area (Å²) in [6.45, 7) is 0. The predicted molar refractivity (Wildman–Crippen MR) is 46.3 cm³/mol. The quantitative estimate of drug-likeness (QED) is 0.742. The molecule has 0 atom stereocenters. The number of carbonyl (C=O) groups is 2. The molecule has 74 valence electrons. The Kier molecular flexibility index (Phi) is 2.81. The highest BCUT2D eigenvalue weighted by Gasteiger charge is 2.16. The lowest BCUT2D eigenvalue weighted by molar-refractivity contribution is -0.117. The summed E-state index contributed by atoms with van der Waals surface area (Å²) in [6.07, 6.45) is -0.278. The summed E-state index contributed by atoms with van der Waals surface area (Å²) in [4.78, 5) is 21.2. The van der Waals surface area contributed by atoms with E-state index in [4.69, 9.17) is 10.8 Å². The summed E-state index contributed by atoms with van der Waals surface area (Å²) < 4.78 is 13.0. The Morgan fingerprint density at radius 2 is 2.07 bits per heavy atom. The number of carboxylic acids is 1. The summed E-state index contributed by atoms with van der Waals surface area (Å²) in [5.74, 6) is -2.96. The molecule has 14 heavy (non-hydrogen) atoms. The van der Waals surface area contributed by atoms with Gasteiger partial charge in [0.25, 0.3) is 0 Å². The maximum atomic E-state index is 13.0. The van der Waals surface area contributed by atoms with Crippen molar-refractivity contribution >= 4 is 11.9 Å². The van der Waals surface area contributed by atoms with E-state index in [1.165, 1.54) is 12.1 Å². The van der Waals surface area contributed by atoms with Gasteiger partial charge in [-0.25, -0.2) is 9.18 Å². The molecule has 1 aromatic carbocycles. The monoisotopic (exact) mass is 197 g/mol. The average Bonchev–Trinajstić information content (AvgIpc) is 2.01. The van der Waals surface area contributed by atoms with Crippen LogP contribution in [0, 0.1) is 5.82 Å². The second-order valence-corrected chi connectivity index (χ2v) is 2.72. The van der Waals surface area contributed by atoms with Crippen molar-refractivity contribution in [3.8, 4) is 0 Å². The molecule has 0 radical (unpaired) electrons. The first-order valence-electron chi connectivity index (χ1n) is 3.81. The standard InChI is InChI=1S/C9H8FNO3/c10-6-3-1-2-5(4-7(11)12)8(6)9(13)14/h1-3H,4H2,(H2,11,12)(H,13,14). The molecule has 0 aliphatic carbocycles. The molecule has 1 amide bonds. The molecule has 0 spiro atoms. The van der Waals surface area contributed by atoms with E-state index in [0.29, 0.717) is 0 Å². The van der Waals surface area contributed by atoms with Crippen molar-refractivity contribution in [2.75, 3.05) is 0 Å². The largest absolute Gasteiger partial charge is 0.478 e. The third-order valence-electron chi connectivity index (χ3n) is 1.68. The van der Waals surface area contributed by atoms with Crippen LogP contribution in [0.3, 0.4) is 0 Å². The van der Waals surface area contributed by atoms with Gasteiger partial charge in [0.1, 0.15) is 5.82 Å². The topological polar surface area (TPSA) is 80.4 Å². The van der Waals surface area contributed by atoms with E-state index in [1.54, 1.807) is 0 Å². The van der Waals surface area contributed by atoms with Crippen molar-refractivity contribution < 1.29 is 19.1 Å². The lowest BCUT2D eigenvalue weighted by atomic mass is 10.0. The molecule has 0 bridgehead atoms. The van der Waals surface area contributed by atoms with Gasteiger partial charge in [-0.1, -0.05) is 12.1 Å². The van der Waals surface area contributed by atoms with Gasteiger partial charge in [0.2, 0.25) is 5.91 Å². The third kappa shape index (κ3) is 2.07. The molecule has 0 heterocycles. The Morgan fingerprint density at radius 3 is 2.57 bits per heavy atom. The van der Waals surface area contributed by atoms with Crippen LogP contribution in [0.25, 0.3) is 0 Å². The number of hydrogen-bond acceptors (Lipinski definition) is 2. The van der Waals surface area contributed by atoms with Crippen molar-refractivity contribution in [2.24, 2.45) is 5.73 Å². The van der Waals surface area contributed by atoms with Gasteiger partial charge in [0.05, 0.1) is 12.0 Å². The van der Waals surface area contributed by atoms with E-state index in [0.717, 1.165) is 6.07 Å². The smallest absolute Gasteiger partial charge is 0.338 e. The first kappa shape index (κ1) is 10.2. The average molecular weight is 197 g/mol. The Labute approximate surface area is 79.1 Å².